The monoisotopic (exact) mass is 145 g/mol. The highest BCUT2D eigenvalue weighted by molar-refractivity contribution is 4.75. The summed E-state index contributed by atoms with van der Waals surface area (Å²) in [5.74, 6) is 0.450. The van der Waals surface area contributed by atoms with Gasteiger partial charge in [-0.1, -0.05) is 13.8 Å². The molecule has 62 valence electrons. The van der Waals surface area contributed by atoms with Gasteiger partial charge in [0.05, 0.1) is 5.60 Å². The van der Waals surface area contributed by atoms with Gasteiger partial charge in [0.25, 0.3) is 0 Å². The number of rotatable bonds is 3. The Kier molecular flexibility index (Phi) is 3.33. The van der Waals surface area contributed by atoms with Crippen molar-refractivity contribution in [3.8, 4) is 0 Å². The Morgan fingerprint density at radius 3 is 1.90 bits per heavy atom. The van der Waals surface area contributed by atoms with Crippen molar-refractivity contribution in [2.45, 2.75) is 45.8 Å². The number of aliphatic hydroxyl groups is 1. The molecule has 0 heterocycles. The molecule has 0 fully saturated rings. The average Bonchev–Trinajstić information content (AvgIpc) is 1.60. The maximum Gasteiger partial charge on any atom is 0.0606 e. The molecule has 1 atom stereocenters. The van der Waals surface area contributed by atoms with Crippen LogP contribution < -0.4 is 5.73 Å². The predicted molar refractivity (Wildman–Crippen MR) is 43.7 cm³/mol. The maximum absolute atomic E-state index is 9.36. The van der Waals surface area contributed by atoms with Gasteiger partial charge < -0.3 is 10.8 Å². The number of hydrogen-bond acceptors (Lipinski definition) is 2. The molecule has 0 bridgehead atoms. The largest absolute Gasteiger partial charge is 0.390 e. The van der Waals surface area contributed by atoms with Gasteiger partial charge in [0, 0.05) is 6.04 Å². The first-order valence-electron chi connectivity index (χ1n) is 3.81. The first kappa shape index (κ1) is 9.92. The second kappa shape index (κ2) is 3.35. The maximum atomic E-state index is 9.36. The Labute approximate surface area is 63.4 Å². The predicted octanol–water partition coefficient (Wildman–Crippen LogP) is 1.13. The lowest BCUT2D eigenvalue weighted by atomic mass is 9.93. The number of hydrogen-bond donors (Lipinski definition) is 2. The van der Waals surface area contributed by atoms with Crippen LogP contribution in [0, 0.1) is 5.92 Å². The lowest BCUT2D eigenvalue weighted by molar-refractivity contribution is 0.0585. The Bertz CT molecular complexity index is 93.9. The minimum absolute atomic E-state index is 0.111. The summed E-state index contributed by atoms with van der Waals surface area (Å²) in [6, 6.07) is 0.111. The molecule has 0 radical (unpaired) electrons. The minimum atomic E-state index is -0.621. The lowest BCUT2D eigenvalue weighted by Gasteiger charge is -2.24. The van der Waals surface area contributed by atoms with Crippen molar-refractivity contribution in [1.82, 2.24) is 0 Å². The van der Waals surface area contributed by atoms with Crippen LogP contribution in [0.25, 0.3) is 0 Å². The van der Waals surface area contributed by atoms with Crippen LogP contribution in [0.4, 0.5) is 0 Å². The first-order valence-corrected chi connectivity index (χ1v) is 3.81. The highest BCUT2D eigenvalue weighted by Gasteiger charge is 2.19. The lowest BCUT2D eigenvalue weighted by Crippen LogP contribution is -2.35. The molecule has 0 saturated heterocycles. The third-order valence-corrected chi connectivity index (χ3v) is 1.59. The summed E-state index contributed by atoms with van der Waals surface area (Å²) in [7, 11) is 0. The Morgan fingerprint density at radius 1 is 1.40 bits per heavy atom. The van der Waals surface area contributed by atoms with Crippen molar-refractivity contribution in [2.75, 3.05) is 0 Å². The zero-order valence-electron chi connectivity index (χ0n) is 7.39. The molecule has 0 saturated carbocycles. The SMILES string of the molecule is CC(C)C(N)CC(C)(C)O. The Balaban J connectivity index is 3.68. The van der Waals surface area contributed by atoms with Crippen LogP contribution in [-0.2, 0) is 0 Å². The molecule has 0 aliphatic heterocycles. The van der Waals surface area contributed by atoms with Crippen LogP contribution in [0.2, 0.25) is 0 Å². The zero-order chi connectivity index (χ0) is 8.36. The van der Waals surface area contributed by atoms with Gasteiger partial charge in [0.2, 0.25) is 0 Å². The number of nitrogens with two attached hydrogens (primary N) is 1. The van der Waals surface area contributed by atoms with E-state index < -0.39 is 5.60 Å². The molecule has 1 unspecified atom stereocenters. The standard InChI is InChI=1S/C8H19NO/c1-6(2)7(9)5-8(3,4)10/h6-7,10H,5,9H2,1-4H3. The van der Waals surface area contributed by atoms with E-state index in [1.807, 2.05) is 0 Å². The van der Waals surface area contributed by atoms with Crippen LogP contribution in [0.3, 0.4) is 0 Å². The molecule has 2 heteroatoms. The highest BCUT2D eigenvalue weighted by atomic mass is 16.3. The van der Waals surface area contributed by atoms with Gasteiger partial charge in [-0.2, -0.15) is 0 Å². The van der Waals surface area contributed by atoms with Crippen molar-refractivity contribution in [2.24, 2.45) is 11.7 Å². The van der Waals surface area contributed by atoms with Crippen LogP contribution in [-0.4, -0.2) is 16.7 Å². The van der Waals surface area contributed by atoms with Crippen LogP contribution in [0.1, 0.15) is 34.1 Å². The van der Waals surface area contributed by atoms with E-state index in [9.17, 15) is 5.11 Å². The summed E-state index contributed by atoms with van der Waals surface area (Å²) in [5, 5.41) is 9.36. The fourth-order valence-corrected chi connectivity index (χ4v) is 0.813. The summed E-state index contributed by atoms with van der Waals surface area (Å²) in [6.45, 7) is 7.71. The molecule has 2 nitrogen and oxygen atoms in total. The van der Waals surface area contributed by atoms with Crippen molar-refractivity contribution < 1.29 is 5.11 Å². The van der Waals surface area contributed by atoms with Crippen LogP contribution in [0.5, 0.6) is 0 Å². The molecule has 0 aromatic heterocycles. The molecule has 0 rings (SSSR count). The van der Waals surface area contributed by atoms with Crippen LogP contribution in [0.15, 0.2) is 0 Å². The third-order valence-electron chi connectivity index (χ3n) is 1.59. The molecule has 0 aliphatic rings. The average molecular weight is 145 g/mol. The van der Waals surface area contributed by atoms with Crippen molar-refractivity contribution in [1.29, 1.82) is 0 Å². The van der Waals surface area contributed by atoms with E-state index in [1.54, 1.807) is 13.8 Å². The quantitative estimate of drug-likeness (QED) is 0.625. The summed E-state index contributed by atoms with van der Waals surface area (Å²) in [6.07, 6.45) is 0.671. The topological polar surface area (TPSA) is 46.2 Å². The van der Waals surface area contributed by atoms with E-state index in [-0.39, 0.29) is 6.04 Å². The molecule has 0 aromatic rings. The van der Waals surface area contributed by atoms with E-state index in [0.29, 0.717) is 12.3 Å². The molecule has 3 N–H and O–H groups in total. The summed E-state index contributed by atoms with van der Waals surface area (Å²) >= 11 is 0. The van der Waals surface area contributed by atoms with E-state index in [2.05, 4.69) is 13.8 Å². The first-order chi connectivity index (χ1) is 4.33. The van der Waals surface area contributed by atoms with Gasteiger partial charge in [0.15, 0.2) is 0 Å². The summed E-state index contributed by atoms with van der Waals surface area (Å²) < 4.78 is 0. The van der Waals surface area contributed by atoms with E-state index in [0.717, 1.165) is 0 Å². The molecular weight excluding hydrogens is 126 g/mol. The highest BCUT2D eigenvalue weighted by Crippen LogP contribution is 2.13. The molecule has 0 aromatic carbocycles. The van der Waals surface area contributed by atoms with Crippen molar-refractivity contribution in [3.05, 3.63) is 0 Å². The van der Waals surface area contributed by atoms with Gasteiger partial charge in [-0.05, 0) is 26.2 Å². The fourth-order valence-electron chi connectivity index (χ4n) is 0.813. The molecule has 0 aliphatic carbocycles. The molecule has 10 heavy (non-hydrogen) atoms. The normalized spacial score (nSPS) is 15.9. The van der Waals surface area contributed by atoms with E-state index >= 15 is 0 Å². The van der Waals surface area contributed by atoms with Gasteiger partial charge in [-0.15, -0.1) is 0 Å². The Hall–Kier alpha value is -0.0800. The van der Waals surface area contributed by atoms with E-state index in [4.69, 9.17) is 5.73 Å². The van der Waals surface area contributed by atoms with Crippen molar-refractivity contribution >= 4 is 0 Å². The second-order valence-electron chi connectivity index (χ2n) is 3.92. The van der Waals surface area contributed by atoms with Gasteiger partial charge in [-0.3, -0.25) is 0 Å². The smallest absolute Gasteiger partial charge is 0.0606 e. The fraction of sp³-hybridized carbons (Fsp3) is 1.00. The van der Waals surface area contributed by atoms with E-state index in [1.165, 1.54) is 0 Å². The van der Waals surface area contributed by atoms with Gasteiger partial charge in [-0.25, -0.2) is 0 Å². The summed E-state index contributed by atoms with van der Waals surface area (Å²) in [4.78, 5) is 0. The van der Waals surface area contributed by atoms with Crippen LogP contribution >= 0.6 is 0 Å². The van der Waals surface area contributed by atoms with Gasteiger partial charge >= 0.3 is 0 Å². The Morgan fingerprint density at radius 2 is 1.80 bits per heavy atom. The zero-order valence-corrected chi connectivity index (χ0v) is 7.39. The summed E-state index contributed by atoms with van der Waals surface area (Å²) in [5.41, 5.74) is 5.12. The second-order valence-corrected chi connectivity index (χ2v) is 3.92. The third kappa shape index (κ3) is 4.77. The van der Waals surface area contributed by atoms with Gasteiger partial charge in [0.1, 0.15) is 0 Å². The minimum Gasteiger partial charge on any atom is -0.390 e. The molecular formula is C8H19NO. The van der Waals surface area contributed by atoms with Crippen molar-refractivity contribution in [3.63, 3.8) is 0 Å². The molecule has 0 amide bonds. The molecule has 0 spiro atoms.